The summed E-state index contributed by atoms with van der Waals surface area (Å²) in [6.45, 7) is 0.440. The lowest BCUT2D eigenvalue weighted by atomic mass is 10.2. The predicted octanol–water partition coefficient (Wildman–Crippen LogP) is 3.19. The summed E-state index contributed by atoms with van der Waals surface area (Å²) in [5.41, 5.74) is 1.64. The molecule has 1 heterocycles. The number of aromatic nitrogens is 1. The Hall–Kier alpha value is -2.05. The quantitative estimate of drug-likeness (QED) is 0.779. The Morgan fingerprint density at radius 1 is 1.18 bits per heavy atom. The number of hydrogen-bond donors (Lipinski definition) is 0. The third-order valence-electron chi connectivity index (χ3n) is 2.19. The van der Waals surface area contributed by atoms with E-state index in [1.165, 1.54) is 0 Å². The van der Waals surface area contributed by atoms with E-state index in [2.05, 4.69) is 11.1 Å². The zero-order valence-electron chi connectivity index (χ0n) is 8.93. The SMILES string of the molecule is N#Cc1ccc(COc2ccc(Cl)nc2)cc1. The largest absolute Gasteiger partial charge is 0.487 e. The molecule has 0 saturated heterocycles. The second-order valence-corrected chi connectivity index (χ2v) is 3.80. The van der Waals surface area contributed by atoms with Gasteiger partial charge in [-0.15, -0.1) is 0 Å². The van der Waals surface area contributed by atoms with Crippen LogP contribution in [-0.4, -0.2) is 4.98 Å². The number of ether oxygens (including phenoxy) is 1. The minimum atomic E-state index is 0.440. The molecule has 0 atom stereocenters. The lowest BCUT2D eigenvalue weighted by Gasteiger charge is -2.05. The van der Waals surface area contributed by atoms with E-state index in [-0.39, 0.29) is 0 Å². The van der Waals surface area contributed by atoms with E-state index in [0.29, 0.717) is 23.1 Å². The standard InChI is InChI=1S/C13H9ClN2O/c14-13-6-5-12(8-16-13)17-9-11-3-1-10(7-15)2-4-11/h1-6,8H,9H2. The molecule has 0 aliphatic heterocycles. The molecule has 4 heteroatoms. The van der Waals surface area contributed by atoms with Gasteiger partial charge in [0.25, 0.3) is 0 Å². The topological polar surface area (TPSA) is 45.9 Å². The normalized spacial score (nSPS) is 9.65. The van der Waals surface area contributed by atoms with Crippen LogP contribution in [0.1, 0.15) is 11.1 Å². The Morgan fingerprint density at radius 3 is 2.53 bits per heavy atom. The number of nitrogens with zero attached hydrogens (tertiary/aromatic N) is 2. The molecule has 1 aromatic carbocycles. The summed E-state index contributed by atoms with van der Waals surface area (Å²) in [5.74, 6) is 0.666. The summed E-state index contributed by atoms with van der Waals surface area (Å²) in [4.78, 5) is 3.92. The van der Waals surface area contributed by atoms with Crippen LogP contribution in [0.15, 0.2) is 42.6 Å². The number of halogens is 1. The average molecular weight is 245 g/mol. The Labute approximate surface area is 104 Å². The van der Waals surface area contributed by atoms with Gasteiger partial charge in [-0.3, -0.25) is 0 Å². The van der Waals surface area contributed by atoms with Crippen LogP contribution in [0.4, 0.5) is 0 Å². The molecule has 0 amide bonds. The molecular formula is C13H9ClN2O. The molecule has 17 heavy (non-hydrogen) atoms. The molecule has 0 N–H and O–H groups in total. The van der Waals surface area contributed by atoms with Gasteiger partial charge in [0.2, 0.25) is 0 Å². The fraction of sp³-hybridized carbons (Fsp3) is 0.0769. The maximum atomic E-state index is 8.66. The average Bonchev–Trinajstić information content (AvgIpc) is 2.39. The van der Waals surface area contributed by atoms with Crippen molar-refractivity contribution >= 4 is 11.6 Å². The molecule has 1 aromatic heterocycles. The highest BCUT2D eigenvalue weighted by molar-refractivity contribution is 6.29. The van der Waals surface area contributed by atoms with Crippen molar-refractivity contribution in [1.82, 2.24) is 4.98 Å². The number of hydrogen-bond acceptors (Lipinski definition) is 3. The molecular weight excluding hydrogens is 236 g/mol. The summed E-state index contributed by atoms with van der Waals surface area (Å²) in [6, 6.07) is 12.8. The van der Waals surface area contributed by atoms with Crippen LogP contribution in [0.3, 0.4) is 0 Å². The van der Waals surface area contributed by atoms with Crippen molar-refractivity contribution < 1.29 is 4.74 Å². The molecule has 2 aromatic rings. The van der Waals surface area contributed by atoms with Gasteiger partial charge in [-0.05, 0) is 29.8 Å². The zero-order chi connectivity index (χ0) is 12.1. The van der Waals surface area contributed by atoms with E-state index in [1.807, 2.05) is 12.1 Å². The van der Waals surface area contributed by atoms with Gasteiger partial charge in [0.05, 0.1) is 17.8 Å². The molecule has 3 nitrogen and oxygen atoms in total. The summed E-state index contributed by atoms with van der Waals surface area (Å²) in [5, 5.41) is 9.10. The highest BCUT2D eigenvalue weighted by atomic mass is 35.5. The van der Waals surface area contributed by atoms with Crippen molar-refractivity contribution in [2.45, 2.75) is 6.61 Å². The second kappa shape index (κ2) is 5.33. The minimum Gasteiger partial charge on any atom is -0.487 e. The van der Waals surface area contributed by atoms with E-state index >= 15 is 0 Å². The first-order valence-corrected chi connectivity index (χ1v) is 5.39. The van der Waals surface area contributed by atoms with E-state index in [1.54, 1.807) is 30.5 Å². The van der Waals surface area contributed by atoms with Gasteiger partial charge in [0.15, 0.2) is 0 Å². The van der Waals surface area contributed by atoms with Crippen LogP contribution >= 0.6 is 11.6 Å². The number of nitriles is 1. The van der Waals surface area contributed by atoms with Crippen molar-refractivity contribution in [2.24, 2.45) is 0 Å². The third-order valence-corrected chi connectivity index (χ3v) is 2.41. The summed E-state index contributed by atoms with van der Waals surface area (Å²) in [7, 11) is 0. The first-order valence-electron chi connectivity index (χ1n) is 5.01. The van der Waals surface area contributed by atoms with Gasteiger partial charge in [-0.1, -0.05) is 23.7 Å². The van der Waals surface area contributed by atoms with Gasteiger partial charge in [0.1, 0.15) is 17.5 Å². The molecule has 0 unspecified atom stereocenters. The third kappa shape index (κ3) is 3.20. The number of pyridine rings is 1. The highest BCUT2D eigenvalue weighted by Crippen LogP contribution is 2.14. The van der Waals surface area contributed by atoms with Gasteiger partial charge < -0.3 is 4.74 Å². The van der Waals surface area contributed by atoms with Crippen LogP contribution in [-0.2, 0) is 6.61 Å². The molecule has 0 bridgehead atoms. The van der Waals surface area contributed by atoms with Crippen molar-refractivity contribution in [2.75, 3.05) is 0 Å². The van der Waals surface area contributed by atoms with Crippen molar-refractivity contribution in [1.29, 1.82) is 5.26 Å². The van der Waals surface area contributed by atoms with Crippen molar-refractivity contribution in [3.63, 3.8) is 0 Å². The fourth-order valence-electron chi connectivity index (χ4n) is 1.29. The predicted molar refractivity (Wildman–Crippen MR) is 64.7 cm³/mol. The van der Waals surface area contributed by atoms with Crippen LogP contribution in [0.25, 0.3) is 0 Å². The lowest BCUT2D eigenvalue weighted by molar-refractivity contribution is 0.305. The second-order valence-electron chi connectivity index (χ2n) is 3.41. The smallest absolute Gasteiger partial charge is 0.138 e. The van der Waals surface area contributed by atoms with E-state index in [4.69, 9.17) is 21.6 Å². The van der Waals surface area contributed by atoms with Crippen molar-refractivity contribution in [3.8, 4) is 11.8 Å². The summed E-state index contributed by atoms with van der Waals surface area (Å²) >= 11 is 5.66. The maximum absolute atomic E-state index is 8.66. The number of benzene rings is 1. The van der Waals surface area contributed by atoms with Crippen LogP contribution in [0, 0.1) is 11.3 Å². The lowest BCUT2D eigenvalue weighted by Crippen LogP contribution is -1.95. The number of rotatable bonds is 3. The molecule has 0 saturated carbocycles. The molecule has 0 spiro atoms. The first-order chi connectivity index (χ1) is 8.28. The molecule has 84 valence electrons. The summed E-state index contributed by atoms with van der Waals surface area (Å²) < 4.78 is 5.52. The molecule has 0 radical (unpaired) electrons. The minimum absolute atomic E-state index is 0.440. The summed E-state index contributed by atoms with van der Waals surface area (Å²) in [6.07, 6.45) is 1.58. The molecule has 0 aliphatic rings. The van der Waals surface area contributed by atoms with Crippen LogP contribution in [0.5, 0.6) is 5.75 Å². The van der Waals surface area contributed by atoms with Crippen molar-refractivity contribution in [3.05, 3.63) is 58.9 Å². The van der Waals surface area contributed by atoms with Gasteiger partial charge in [-0.25, -0.2) is 4.98 Å². The maximum Gasteiger partial charge on any atom is 0.138 e. The van der Waals surface area contributed by atoms with Crippen LogP contribution in [0.2, 0.25) is 5.15 Å². The van der Waals surface area contributed by atoms with E-state index in [9.17, 15) is 0 Å². The van der Waals surface area contributed by atoms with Crippen LogP contribution < -0.4 is 4.74 Å². The van der Waals surface area contributed by atoms with Gasteiger partial charge >= 0.3 is 0 Å². The van der Waals surface area contributed by atoms with E-state index in [0.717, 1.165) is 5.56 Å². The van der Waals surface area contributed by atoms with E-state index < -0.39 is 0 Å². The molecule has 2 rings (SSSR count). The Morgan fingerprint density at radius 2 is 1.94 bits per heavy atom. The molecule has 0 aliphatic carbocycles. The fourth-order valence-corrected chi connectivity index (χ4v) is 1.40. The Kier molecular flexibility index (Phi) is 3.59. The monoisotopic (exact) mass is 244 g/mol. The van der Waals surface area contributed by atoms with Gasteiger partial charge in [-0.2, -0.15) is 5.26 Å². The Bertz CT molecular complexity index is 529. The first kappa shape index (κ1) is 11.4. The molecule has 0 fully saturated rings. The zero-order valence-corrected chi connectivity index (χ0v) is 9.69. The highest BCUT2D eigenvalue weighted by Gasteiger charge is 1.97. The van der Waals surface area contributed by atoms with Gasteiger partial charge in [0, 0.05) is 0 Å². The Balaban J connectivity index is 1.98.